The van der Waals surface area contributed by atoms with Gasteiger partial charge < -0.3 is 19.5 Å². The summed E-state index contributed by atoms with van der Waals surface area (Å²) in [5, 5.41) is 3.24. The van der Waals surface area contributed by atoms with E-state index in [0.717, 1.165) is 32.1 Å². The van der Waals surface area contributed by atoms with Crippen molar-refractivity contribution in [2.24, 2.45) is 0 Å². The lowest BCUT2D eigenvalue weighted by atomic mass is 9.89. The molecule has 9 heteroatoms. The van der Waals surface area contributed by atoms with Crippen molar-refractivity contribution in [3.05, 3.63) is 51.8 Å². The number of fused-ring (bicyclic) bond motifs is 2. The van der Waals surface area contributed by atoms with E-state index in [1.54, 1.807) is 18.2 Å². The van der Waals surface area contributed by atoms with Gasteiger partial charge in [-0.05, 0) is 25.0 Å². The van der Waals surface area contributed by atoms with Crippen molar-refractivity contribution in [3.8, 4) is 5.88 Å². The monoisotopic (exact) mass is 413 g/mol. The van der Waals surface area contributed by atoms with Crippen LogP contribution in [0.2, 0.25) is 0 Å². The molecule has 1 fully saturated rings. The van der Waals surface area contributed by atoms with Gasteiger partial charge in [0.15, 0.2) is 0 Å². The predicted molar refractivity (Wildman–Crippen MR) is 106 cm³/mol. The van der Waals surface area contributed by atoms with Gasteiger partial charge in [-0.3, -0.25) is 14.0 Å². The number of carbonyl (C=O) groups is 2. The molecule has 2 aromatic rings. The molecule has 2 aromatic heterocycles. The Bertz CT molecular complexity index is 1080. The lowest BCUT2D eigenvalue weighted by molar-refractivity contribution is -0.145. The van der Waals surface area contributed by atoms with Crippen LogP contribution in [-0.2, 0) is 19.1 Å². The molecule has 1 unspecified atom stereocenters. The molecule has 2 aliphatic rings. The number of carbonyl (C=O) groups excluding carboxylic acids is 2. The normalized spacial score (nSPS) is 19.1. The summed E-state index contributed by atoms with van der Waals surface area (Å²) in [4.78, 5) is 43.1. The van der Waals surface area contributed by atoms with Crippen molar-refractivity contribution in [3.63, 3.8) is 0 Å². The summed E-state index contributed by atoms with van der Waals surface area (Å²) in [6.45, 7) is 0. The molecule has 4 rings (SSSR count). The highest BCUT2D eigenvalue weighted by Crippen LogP contribution is 2.37. The van der Waals surface area contributed by atoms with Crippen molar-refractivity contribution in [2.45, 2.75) is 44.1 Å². The first-order chi connectivity index (χ1) is 14.5. The first kappa shape index (κ1) is 19.9. The molecule has 1 N–H and O–H groups in total. The fraction of sp³-hybridized carbons (Fsp3) is 0.429. The van der Waals surface area contributed by atoms with E-state index in [4.69, 9.17) is 14.2 Å². The van der Waals surface area contributed by atoms with Crippen LogP contribution in [0.4, 0.5) is 0 Å². The summed E-state index contributed by atoms with van der Waals surface area (Å²) in [6, 6.07) is 5.15. The zero-order valence-corrected chi connectivity index (χ0v) is 16.8. The molecule has 1 aliphatic carbocycles. The van der Waals surface area contributed by atoms with Gasteiger partial charge in [-0.25, -0.2) is 4.79 Å². The highest BCUT2D eigenvalue weighted by molar-refractivity contribution is 6.00. The number of methoxy groups -OCH3 is 2. The van der Waals surface area contributed by atoms with Crippen LogP contribution in [0.3, 0.4) is 0 Å². The Hall–Kier alpha value is -3.36. The van der Waals surface area contributed by atoms with E-state index < -0.39 is 23.4 Å². The van der Waals surface area contributed by atoms with E-state index in [1.807, 2.05) is 0 Å². The van der Waals surface area contributed by atoms with Crippen molar-refractivity contribution in [1.82, 2.24) is 14.7 Å². The zero-order chi connectivity index (χ0) is 21.3. The molecule has 3 heterocycles. The van der Waals surface area contributed by atoms with Crippen LogP contribution in [0.25, 0.3) is 5.65 Å². The van der Waals surface area contributed by atoms with E-state index in [9.17, 15) is 14.4 Å². The number of hydrogen-bond acceptors (Lipinski definition) is 8. The minimum absolute atomic E-state index is 0.0208. The third-order valence-corrected chi connectivity index (χ3v) is 5.54. The maximum absolute atomic E-state index is 13.2. The largest absolute Gasteiger partial charge is 0.468 e. The molecule has 1 atom stereocenters. The first-order valence-corrected chi connectivity index (χ1v) is 9.91. The lowest BCUT2D eigenvalue weighted by Crippen LogP contribution is -2.41. The molecule has 0 radical (unpaired) electrons. The van der Waals surface area contributed by atoms with Crippen molar-refractivity contribution < 1.29 is 23.8 Å². The smallest absolute Gasteiger partial charge is 0.340 e. The molecule has 9 nitrogen and oxygen atoms in total. The van der Waals surface area contributed by atoms with Gasteiger partial charge >= 0.3 is 11.9 Å². The van der Waals surface area contributed by atoms with Crippen LogP contribution in [0.15, 0.2) is 40.6 Å². The molecule has 1 aliphatic heterocycles. The SMILES string of the molecule is COC(=O)C1=C(NC2CCCCC2)Oc2nc3ccccn3c(=O)c2C1C(=O)OC. The predicted octanol–water partition coefficient (Wildman–Crippen LogP) is 1.65. The maximum atomic E-state index is 13.2. The number of nitrogens with one attached hydrogen (secondary N) is 1. The second-order valence-electron chi connectivity index (χ2n) is 7.34. The molecule has 0 aromatic carbocycles. The van der Waals surface area contributed by atoms with E-state index in [-0.39, 0.29) is 28.9 Å². The molecule has 0 spiro atoms. The number of aromatic nitrogens is 2. The maximum Gasteiger partial charge on any atom is 0.340 e. The van der Waals surface area contributed by atoms with Crippen LogP contribution in [0, 0.1) is 0 Å². The third-order valence-electron chi connectivity index (χ3n) is 5.54. The summed E-state index contributed by atoms with van der Waals surface area (Å²) >= 11 is 0. The van der Waals surface area contributed by atoms with Gasteiger partial charge in [0, 0.05) is 12.2 Å². The van der Waals surface area contributed by atoms with Gasteiger partial charge in [0.1, 0.15) is 17.1 Å². The topological polar surface area (TPSA) is 108 Å². The van der Waals surface area contributed by atoms with Crippen LogP contribution >= 0.6 is 0 Å². The Morgan fingerprint density at radius 1 is 1.17 bits per heavy atom. The minimum Gasteiger partial charge on any atom is -0.468 e. The quantitative estimate of drug-likeness (QED) is 0.754. The molecule has 1 saturated carbocycles. The molecule has 158 valence electrons. The summed E-state index contributed by atoms with van der Waals surface area (Å²) in [7, 11) is 2.41. The second-order valence-corrected chi connectivity index (χ2v) is 7.34. The fourth-order valence-corrected chi connectivity index (χ4v) is 4.05. The number of esters is 2. The van der Waals surface area contributed by atoms with Gasteiger partial charge in [0.2, 0.25) is 11.8 Å². The highest BCUT2D eigenvalue weighted by Gasteiger charge is 2.44. The highest BCUT2D eigenvalue weighted by atomic mass is 16.5. The Kier molecular flexibility index (Phi) is 5.43. The number of rotatable bonds is 4. The summed E-state index contributed by atoms with van der Waals surface area (Å²) in [5.74, 6) is -2.78. The number of pyridine rings is 1. The fourth-order valence-electron chi connectivity index (χ4n) is 4.05. The summed E-state index contributed by atoms with van der Waals surface area (Å²) in [6.07, 6.45) is 6.62. The van der Waals surface area contributed by atoms with E-state index in [1.165, 1.54) is 24.8 Å². The lowest BCUT2D eigenvalue weighted by Gasteiger charge is -2.31. The van der Waals surface area contributed by atoms with Gasteiger partial charge in [0.25, 0.3) is 5.56 Å². The first-order valence-electron chi connectivity index (χ1n) is 9.91. The average molecular weight is 413 g/mol. The average Bonchev–Trinajstić information content (AvgIpc) is 2.78. The van der Waals surface area contributed by atoms with Gasteiger partial charge in [0.05, 0.1) is 19.8 Å². The van der Waals surface area contributed by atoms with Crippen molar-refractivity contribution >= 4 is 17.6 Å². The standard InChI is InChI=1S/C21H23N3O6/c1-28-20(26)14-15-17(23-13-10-6-7-11-24(13)19(15)25)30-18(16(14)21(27)29-2)22-12-8-4-3-5-9-12/h6-7,10-12,14,22H,3-5,8-9H2,1-2H3. The van der Waals surface area contributed by atoms with Crippen molar-refractivity contribution in [1.29, 1.82) is 0 Å². The van der Waals surface area contributed by atoms with Crippen LogP contribution < -0.4 is 15.6 Å². The minimum atomic E-state index is -1.31. The Morgan fingerprint density at radius 2 is 1.93 bits per heavy atom. The van der Waals surface area contributed by atoms with Gasteiger partial charge in [-0.15, -0.1) is 0 Å². The van der Waals surface area contributed by atoms with E-state index in [0.29, 0.717) is 5.65 Å². The van der Waals surface area contributed by atoms with Gasteiger partial charge in [-0.2, -0.15) is 4.98 Å². The molecule has 0 saturated heterocycles. The molecular formula is C21H23N3O6. The Labute approximate surface area is 172 Å². The van der Waals surface area contributed by atoms with Gasteiger partial charge in [-0.1, -0.05) is 25.3 Å². The van der Waals surface area contributed by atoms with Crippen LogP contribution in [-0.4, -0.2) is 41.6 Å². The van der Waals surface area contributed by atoms with E-state index in [2.05, 4.69) is 10.3 Å². The molecule has 0 amide bonds. The second kappa shape index (κ2) is 8.17. The van der Waals surface area contributed by atoms with Crippen molar-refractivity contribution in [2.75, 3.05) is 14.2 Å². The summed E-state index contributed by atoms with van der Waals surface area (Å²) in [5.41, 5.74) is -0.287. The number of ether oxygens (including phenoxy) is 3. The zero-order valence-electron chi connectivity index (χ0n) is 16.8. The Morgan fingerprint density at radius 3 is 2.63 bits per heavy atom. The summed E-state index contributed by atoms with van der Waals surface area (Å²) < 4.78 is 17.1. The van der Waals surface area contributed by atoms with Crippen LogP contribution in [0.1, 0.15) is 43.6 Å². The number of nitrogens with zero attached hydrogens (tertiary/aromatic N) is 2. The molecule has 0 bridgehead atoms. The molecular weight excluding hydrogens is 390 g/mol. The Balaban J connectivity index is 1.91. The van der Waals surface area contributed by atoms with E-state index >= 15 is 0 Å². The third kappa shape index (κ3) is 3.40. The molecule has 30 heavy (non-hydrogen) atoms. The van der Waals surface area contributed by atoms with Crippen LogP contribution in [0.5, 0.6) is 5.88 Å². The number of hydrogen-bond donors (Lipinski definition) is 1.